The zero-order valence-electron chi connectivity index (χ0n) is 14.0. The second-order valence-electron chi connectivity index (χ2n) is 5.51. The van der Waals surface area contributed by atoms with Crippen LogP contribution in [-0.2, 0) is 9.59 Å². The average molecular weight is 317 g/mol. The number of nitrogens with one attached hydrogen (secondary N) is 2. The van der Waals surface area contributed by atoms with Crippen molar-refractivity contribution in [1.82, 2.24) is 10.2 Å². The summed E-state index contributed by atoms with van der Waals surface area (Å²) >= 11 is 0. The molecule has 1 aromatic carbocycles. The van der Waals surface area contributed by atoms with Gasteiger partial charge in [-0.3, -0.25) is 14.4 Å². The summed E-state index contributed by atoms with van der Waals surface area (Å²) in [5, 5.41) is 5.39. The van der Waals surface area contributed by atoms with Crippen LogP contribution in [0.25, 0.3) is 0 Å². The molecule has 23 heavy (non-hydrogen) atoms. The molecule has 0 fully saturated rings. The number of carbonyl (C=O) groups excluding carboxylic acids is 3. The molecule has 0 aliphatic carbocycles. The summed E-state index contributed by atoms with van der Waals surface area (Å²) < 4.78 is 0. The minimum Gasteiger partial charge on any atom is -0.351 e. The molecule has 2 N–H and O–H groups in total. The SMILES string of the molecule is CC(=O)c1ccc(NC(=O)/C=C(/C)C(=O)NCCN(C)C)cc1. The van der Waals surface area contributed by atoms with Crippen molar-refractivity contribution in [3.63, 3.8) is 0 Å². The van der Waals surface area contributed by atoms with E-state index < -0.39 is 0 Å². The predicted molar refractivity (Wildman–Crippen MR) is 90.4 cm³/mol. The number of nitrogens with zero attached hydrogens (tertiary/aromatic N) is 1. The van der Waals surface area contributed by atoms with E-state index in [2.05, 4.69) is 10.6 Å². The minimum atomic E-state index is -0.388. The number of anilines is 1. The van der Waals surface area contributed by atoms with Crippen molar-refractivity contribution in [3.05, 3.63) is 41.5 Å². The van der Waals surface area contributed by atoms with Crippen LogP contribution in [0.3, 0.4) is 0 Å². The molecular weight excluding hydrogens is 294 g/mol. The zero-order chi connectivity index (χ0) is 17.4. The topological polar surface area (TPSA) is 78.5 Å². The summed E-state index contributed by atoms with van der Waals surface area (Å²) in [4.78, 5) is 36.8. The first kappa shape index (κ1) is 18.6. The van der Waals surface area contributed by atoms with Crippen molar-refractivity contribution in [2.75, 3.05) is 32.5 Å². The van der Waals surface area contributed by atoms with Gasteiger partial charge in [0.15, 0.2) is 5.78 Å². The third-order valence-electron chi connectivity index (χ3n) is 3.11. The fourth-order valence-corrected chi connectivity index (χ4v) is 1.76. The lowest BCUT2D eigenvalue weighted by Gasteiger charge is -2.10. The molecule has 1 aromatic rings. The van der Waals surface area contributed by atoms with Crippen LogP contribution in [0.2, 0.25) is 0 Å². The molecule has 124 valence electrons. The molecule has 0 aliphatic rings. The fraction of sp³-hybridized carbons (Fsp3) is 0.353. The van der Waals surface area contributed by atoms with Gasteiger partial charge < -0.3 is 15.5 Å². The number of ketones is 1. The Labute approximate surface area is 136 Å². The van der Waals surface area contributed by atoms with Crippen LogP contribution in [0.1, 0.15) is 24.2 Å². The highest BCUT2D eigenvalue weighted by Crippen LogP contribution is 2.10. The van der Waals surface area contributed by atoms with Crippen molar-refractivity contribution in [1.29, 1.82) is 0 Å². The molecule has 2 amide bonds. The number of benzene rings is 1. The van der Waals surface area contributed by atoms with Crippen molar-refractivity contribution in [2.45, 2.75) is 13.8 Å². The number of carbonyl (C=O) groups is 3. The maximum Gasteiger partial charge on any atom is 0.248 e. The van der Waals surface area contributed by atoms with Gasteiger partial charge >= 0.3 is 0 Å². The van der Waals surface area contributed by atoms with Crippen LogP contribution in [0.15, 0.2) is 35.9 Å². The second kappa shape index (κ2) is 8.85. The van der Waals surface area contributed by atoms with Gasteiger partial charge in [-0.05, 0) is 52.2 Å². The predicted octanol–water partition coefficient (Wildman–Crippen LogP) is 1.45. The van der Waals surface area contributed by atoms with Gasteiger partial charge in [0.05, 0.1) is 0 Å². The summed E-state index contributed by atoms with van der Waals surface area (Å²) in [5.74, 6) is -0.692. The van der Waals surface area contributed by atoms with Crippen LogP contribution in [0.5, 0.6) is 0 Å². The molecule has 1 rings (SSSR count). The highest BCUT2D eigenvalue weighted by Gasteiger charge is 2.07. The van der Waals surface area contributed by atoms with Gasteiger partial charge in [-0.15, -0.1) is 0 Å². The van der Waals surface area contributed by atoms with Gasteiger partial charge in [-0.25, -0.2) is 0 Å². The highest BCUT2D eigenvalue weighted by atomic mass is 16.2. The highest BCUT2D eigenvalue weighted by molar-refractivity contribution is 6.06. The van der Waals surface area contributed by atoms with E-state index in [9.17, 15) is 14.4 Å². The van der Waals surface area contributed by atoms with Crippen LogP contribution in [0.4, 0.5) is 5.69 Å². The summed E-state index contributed by atoms with van der Waals surface area (Å²) in [6.07, 6.45) is 1.25. The molecule has 0 heterocycles. The molecule has 0 radical (unpaired) electrons. The van der Waals surface area contributed by atoms with E-state index in [-0.39, 0.29) is 17.6 Å². The molecule has 0 spiro atoms. The normalized spacial score (nSPS) is 11.3. The Kier molecular flexibility index (Phi) is 7.15. The largest absolute Gasteiger partial charge is 0.351 e. The van der Waals surface area contributed by atoms with E-state index in [0.717, 1.165) is 6.54 Å². The van der Waals surface area contributed by atoms with E-state index in [1.165, 1.54) is 13.0 Å². The van der Waals surface area contributed by atoms with Gasteiger partial charge in [0, 0.05) is 36.0 Å². The minimum absolute atomic E-state index is 0.0342. The Bertz CT molecular complexity index is 604. The maximum atomic E-state index is 11.9. The molecule has 6 heteroatoms. The van der Waals surface area contributed by atoms with Crippen molar-refractivity contribution in [3.8, 4) is 0 Å². The van der Waals surface area contributed by atoms with Gasteiger partial charge in [0.25, 0.3) is 0 Å². The first-order chi connectivity index (χ1) is 10.8. The van der Waals surface area contributed by atoms with Gasteiger partial charge in [0.2, 0.25) is 11.8 Å². The molecule has 0 bridgehead atoms. The third-order valence-corrected chi connectivity index (χ3v) is 3.11. The van der Waals surface area contributed by atoms with E-state index >= 15 is 0 Å². The monoisotopic (exact) mass is 317 g/mol. The lowest BCUT2D eigenvalue weighted by molar-refractivity contribution is -0.118. The molecule has 0 saturated heterocycles. The summed E-state index contributed by atoms with van der Waals surface area (Å²) in [5.41, 5.74) is 1.48. The number of hydrogen-bond donors (Lipinski definition) is 2. The molecule has 6 nitrogen and oxygen atoms in total. The number of rotatable bonds is 7. The number of likely N-dealkylation sites (N-methyl/N-ethyl adjacent to an activating group) is 1. The molecule has 0 unspecified atom stereocenters. The molecule has 0 saturated carbocycles. The van der Waals surface area contributed by atoms with Crippen molar-refractivity contribution >= 4 is 23.3 Å². The Balaban J connectivity index is 2.56. The maximum absolute atomic E-state index is 11.9. The number of amides is 2. The molecule has 0 aromatic heterocycles. The fourth-order valence-electron chi connectivity index (χ4n) is 1.76. The standard InChI is InChI=1S/C17H23N3O3/c1-12(17(23)18-9-10-20(3)4)11-16(22)19-15-7-5-14(6-8-15)13(2)21/h5-8,11H,9-10H2,1-4H3,(H,18,23)(H,19,22)/b12-11-. The summed E-state index contributed by atoms with van der Waals surface area (Å²) in [6, 6.07) is 6.58. The van der Waals surface area contributed by atoms with Crippen LogP contribution in [-0.4, -0.2) is 49.7 Å². The average Bonchev–Trinajstić information content (AvgIpc) is 2.47. The smallest absolute Gasteiger partial charge is 0.248 e. The van der Waals surface area contributed by atoms with Crippen LogP contribution in [0, 0.1) is 0 Å². The molecule has 0 atom stereocenters. The van der Waals surface area contributed by atoms with Crippen molar-refractivity contribution in [2.24, 2.45) is 0 Å². The molecule has 0 aliphatic heterocycles. The Morgan fingerprint density at radius 1 is 1.09 bits per heavy atom. The zero-order valence-corrected chi connectivity index (χ0v) is 14.0. The van der Waals surface area contributed by atoms with Gasteiger partial charge in [0.1, 0.15) is 0 Å². The first-order valence-corrected chi connectivity index (χ1v) is 7.33. The van der Waals surface area contributed by atoms with Crippen LogP contribution >= 0.6 is 0 Å². The number of Topliss-reactive ketones (excluding diaryl/α,β-unsaturated/α-hetero) is 1. The van der Waals surface area contributed by atoms with E-state index in [4.69, 9.17) is 0 Å². The van der Waals surface area contributed by atoms with E-state index in [1.54, 1.807) is 31.2 Å². The Morgan fingerprint density at radius 2 is 1.70 bits per heavy atom. The second-order valence-corrected chi connectivity index (χ2v) is 5.51. The van der Waals surface area contributed by atoms with E-state index in [0.29, 0.717) is 23.4 Å². The lowest BCUT2D eigenvalue weighted by atomic mass is 10.1. The van der Waals surface area contributed by atoms with Gasteiger partial charge in [-0.1, -0.05) is 0 Å². The van der Waals surface area contributed by atoms with Gasteiger partial charge in [-0.2, -0.15) is 0 Å². The first-order valence-electron chi connectivity index (χ1n) is 7.33. The number of hydrogen-bond acceptors (Lipinski definition) is 4. The lowest BCUT2D eigenvalue weighted by Crippen LogP contribution is -2.32. The third kappa shape index (κ3) is 6.88. The summed E-state index contributed by atoms with van der Waals surface area (Å²) in [7, 11) is 3.83. The Hall–Kier alpha value is -2.47. The van der Waals surface area contributed by atoms with Crippen molar-refractivity contribution < 1.29 is 14.4 Å². The summed E-state index contributed by atoms with van der Waals surface area (Å²) in [6.45, 7) is 4.32. The molecular formula is C17H23N3O3. The van der Waals surface area contributed by atoms with E-state index in [1.807, 2.05) is 19.0 Å². The Morgan fingerprint density at radius 3 is 2.22 bits per heavy atom. The quantitative estimate of drug-likeness (QED) is 0.589. The van der Waals surface area contributed by atoms with Crippen LogP contribution < -0.4 is 10.6 Å².